The summed E-state index contributed by atoms with van der Waals surface area (Å²) in [4.78, 5) is 0. The molecule has 0 aliphatic heterocycles. The van der Waals surface area contributed by atoms with Crippen molar-refractivity contribution in [3.05, 3.63) is 0 Å². The lowest BCUT2D eigenvalue weighted by atomic mass is 9.73. The molecule has 0 amide bonds. The van der Waals surface area contributed by atoms with E-state index in [1.807, 2.05) is 13.8 Å². The predicted molar refractivity (Wildman–Crippen MR) is 145 cm³/mol. The summed E-state index contributed by atoms with van der Waals surface area (Å²) in [5, 5.41) is 0. The molecule has 0 radical (unpaired) electrons. The van der Waals surface area contributed by atoms with Gasteiger partial charge in [-0.3, -0.25) is 0 Å². The molecule has 0 aromatic carbocycles. The van der Waals surface area contributed by atoms with Gasteiger partial charge in [-0.2, -0.15) is 0 Å². The van der Waals surface area contributed by atoms with Crippen molar-refractivity contribution >= 4 is 0 Å². The van der Waals surface area contributed by atoms with E-state index in [9.17, 15) is 0 Å². The van der Waals surface area contributed by atoms with E-state index in [0.717, 1.165) is 23.7 Å². The molecule has 0 heterocycles. The molecule has 5 saturated carbocycles. The van der Waals surface area contributed by atoms with Crippen molar-refractivity contribution in [3.63, 3.8) is 0 Å². The molecule has 5 aliphatic carbocycles. The second-order valence-electron chi connectivity index (χ2n) is 11.7. The van der Waals surface area contributed by atoms with Gasteiger partial charge in [0.1, 0.15) is 0 Å². The third-order valence-corrected chi connectivity index (χ3v) is 9.43. The topological polar surface area (TPSA) is 0 Å². The van der Waals surface area contributed by atoms with Gasteiger partial charge in [0.25, 0.3) is 0 Å². The van der Waals surface area contributed by atoms with Gasteiger partial charge in [0.2, 0.25) is 0 Å². The second kappa shape index (κ2) is 19.3. The smallest absolute Gasteiger partial charge is 0.0386 e. The molecular weight excluding hydrogens is 384 g/mol. The first kappa shape index (κ1) is 28.2. The van der Waals surface area contributed by atoms with E-state index in [4.69, 9.17) is 0 Å². The summed E-state index contributed by atoms with van der Waals surface area (Å²) in [5.74, 6) is 4.55. The fourth-order valence-electron chi connectivity index (χ4n) is 7.48. The van der Waals surface area contributed by atoms with Gasteiger partial charge in [0, 0.05) is 0 Å². The molecule has 5 fully saturated rings. The highest BCUT2D eigenvalue weighted by atomic mass is 14.3. The zero-order chi connectivity index (χ0) is 22.7. The van der Waals surface area contributed by atoms with E-state index >= 15 is 0 Å². The highest BCUT2D eigenvalue weighted by Crippen LogP contribution is 2.39. The first-order valence-electron chi connectivity index (χ1n) is 15.9. The third-order valence-electron chi connectivity index (χ3n) is 9.43. The van der Waals surface area contributed by atoms with E-state index in [-0.39, 0.29) is 0 Å². The molecule has 0 N–H and O–H groups in total. The average molecular weight is 447 g/mol. The van der Waals surface area contributed by atoms with Crippen molar-refractivity contribution in [1.82, 2.24) is 0 Å². The summed E-state index contributed by atoms with van der Waals surface area (Å²) in [6.45, 7) is 4.00. The van der Waals surface area contributed by atoms with Gasteiger partial charge in [-0.05, 0) is 23.7 Å². The standard InChI is InChI=1S/2C12H22.C6H12.C2H6/c2*1-3-7-11(8-4-1)12-9-5-2-6-10-12;1-2-4-6-5-3-1;1-2/h2*11-12H,1-10H2;1-6H2;1-2H3. The van der Waals surface area contributed by atoms with Crippen molar-refractivity contribution in [3.8, 4) is 0 Å². The SMILES string of the molecule is C1CCC(C2CCCCC2)CC1.C1CCC(C2CCCCC2)CC1.C1CCCCC1.CC. The van der Waals surface area contributed by atoms with E-state index in [1.165, 1.54) is 116 Å². The number of hydrogen-bond acceptors (Lipinski definition) is 0. The van der Waals surface area contributed by atoms with E-state index < -0.39 is 0 Å². The van der Waals surface area contributed by atoms with Crippen LogP contribution in [0.25, 0.3) is 0 Å². The Labute approximate surface area is 204 Å². The Hall–Kier alpha value is 0. The molecule has 0 aromatic heterocycles. The molecule has 32 heavy (non-hydrogen) atoms. The van der Waals surface area contributed by atoms with Crippen LogP contribution in [0.2, 0.25) is 0 Å². The van der Waals surface area contributed by atoms with Crippen molar-refractivity contribution in [2.24, 2.45) is 23.7 Å². The summed E-state index contributed by atoms with van der Waals surface area (Å²) in [6, 6.07) is 0. The van der Waals surface area contributed by atoms with Crippen LogP contribution in [0.4, 0.5) is 0 Å². The van der Waals surface area contributed by atoms with Crippen molar-refractivity contribution in [2.45, 2.75) is 181 Å². The van der Waals surface area contributed by atoms with Crippen LogP contribution in [-0.4, -0.2) is 0 Å². The summed E-state index contributed by atoms with van der Waals surface area (Å²) < 4.78 is 0. The highest BCUT2D eigenvalue weighted by molar-refractivity contribution is 4.77. The minimum atomic E-state index is 1.14. The van der Waals surface area contributed by atoms with Crippen LogP contribution in [0.1, 0.15) is 181 Å². The zero-order valence-electron chi connectivity index (χ0n) is 22.7. The average Bonchev–Trinajstić information content (AvgIpc) is 2.94. The van der Waals surface area contributed by atoms with Crippen LogP contribution in [0.3, 0.4) is 0 Å². The van der Waals surface area contributed by atoms with Crippen molar-refractivity contribution in [1.29, 1.82) is 0 Å². The summed E-state index contributed by atoms with van der Waals surface area (Å²) in [5.41, 5.74) is 0. The molecule has 0 bridgehead atoms. The monoisotopic (exact) mass is 446 g/mol. The van der Waals surface area contributed by atoms with Gasteiger partial charge in [0.05, 0.1) is 0 Å². The van der Waals surface area contributed by atoms with Crippen LogP contribution >= 0.6 is 0 Å². The minimum absolute atomic E-state index is 1.14. The van der Waals surface area contributed by atoms with Crippen LogP contribution < -0.4 is 0 Å². The fraction of sp³-hybridized carbons (Fsp3) is 1.00. The summed E-state index contributed by atoms with van der Waals surface area (Å²) in [7, 11) is 0. The lowest BCUT2D eigenvalue weighted by Gasteiger charge is -2.32. The maximum absolute atomic E-state index is 2.00. The normalized spacial score (nSPS) is 26.4. The molecule has 5 rings (SSSR count). The lowest BCUT2D eigenvalue weighted by Crippen LogP contribution is -2.20. The van der Waals surface area contributed by atoms with Gasteiger partial charge >= 0.3 is 0 Å². The molecule has 0 nitrogen and oxygen atoms in total. The first-order valence-corrected chi connectivity index (χ1v) is 15.9. The van der Waals surface area contributed by atoms with Gasteiger partial charge in [-0.1, -0.05) is 181 Å². The molecular formula is C32H62. The molecule has 0 heteroatoms. The van der Waals surface area contributed by atoms with Crippen LogP contribution in [0.15, 0.2) is 0 Å². The molecule has 190 valence electrons. The largest absolute Gasteiger partial charge is 0.0683 e. The maximum atomic E-state index is 2.00. The molecule has 0 unspecified atom stereocenters. The summed E-state index contributed by atoms with van der Waals surface area (Å²) >= 11 is 0. The van der Waals surface area contributed by atoms with Gasteiger partial charge in [-0.25, -0.2) is 0 Å². The minimum Gasteiger partial charge on any atom is -0.0683 e. The van der Waals surface area contributed by atoms with Crippen LogP contribution in [-0.2, 0) is 0 Å². The Morgan fingerprint density at radius 3 is 0.500 bits per heavy atom. The number of rotatable bonds is 2. The quantitative estimate of drug-likeness (QED) is 0.395. The Balaban J connectivity index is 0.000000172. The molecule has 5 aliphatic rings. The van der Waals surface area contributed by atoms with Crippen molar-refractivity contribution in [2.75, 3.05) is 0 Å². The van der Waals surface area contributed by atoms with Crippen LogP contribution in [0, 0.1) is 23.7 Å². The Morgan fingerprint density at radius 1 is 0.219 bits per heavy atom. The summed E-state index contributed by atoms with van der Waals surface area (Å²) in [6.07, 6.45) is 39.8. The second-order valence-corrected chi connectivity index (χ2v) is 11.7. The molecule has 0 saturated heterocycles. The number of hydrogen-bond donors (Lipinski definition) is 0. The zero-order valence-corrected chi connectivity index (χ0v) is 22.7. The Kier molecular flexibility index (Phi) is 17.1. The van der Waals surface area contributed by atoms with Crippen molar-refractivity contribution < 1.29 is 0 Å². The molecule has 0 aromatic rings. The Morgan fingerprint density at radius 2 is 0.344 bits per heavy atom. The Bertz CT molecular complexity index is 295. The van der Waals surface area contributed by atoms with Gasteiger partial charge < -0.3 is 0 Å². The highest BCUT2D eigenvalue weighted by Gasteiger charge is 2.25. The van der Waals surface area contributed by atoms with E-state index in [0.29, 0.717) is 0 Å². The van der Waals surface area contributed by atoms with E-state index in [2.05, 4.69) is 0 Å². The maximum Gasteiger partial charge on any atom is -0.0386 e. The fourth-order valence-corrected chi connectivity index (χ4v) is 7.48. The first-order chi connectivity index (χ1) is 15.9. The molecule has 0 atom stereocenters. The third kappa shape index (κ3) is 11.9. The van der Waals surface area contributed by atoms with Crippen LogP contribution in [0.5, 0.6) is 0 Å². The van der Waals surface area contributed by atoms with E-state index in [1.54, 1.807) is 51.4 Å². The van der Waals surface area contributed by atoms with Gasteiger partial charge in [0.15, 0.2) is 0 Å². The molecule has 0 spiro atoms. The predicted octanol–water partition coefficient (Wildman–Crippen LogP) is 11.7. The van der Waals surface area contributed by atoms with Gasteiger partial charge in [-0.15, -0.1) is 0 Å². The lowest BCUT2D eigenvalue weighted by molar-refractivity contribution is 0.196.